The summed E-state index contributed by atoms with van der Waals surface area (Å²) in [6.07, 6.45) is 7.44. The Morgan fingerprint density at radius 1 is 1.62 bits per heavy atom. The SMILES string of the molecule is C#CCCC(=O)Nc1ccccn1. The van der Waals surface area contributed by atoms with E-state index in [0.29, 0.717) is 18.7 Å². The van der Waals surface area contributed by atoms with Gasteiger partial charge < -0.3 is 5.32 Å². The molecule has 3 nitrogen and oxygen atoms in total. The molecule has 1 amide bonds. The summed E-state index contributed by atoms with van der Waals surface area (Å²) in [6.45, 7) is 0. The largest absolute Gasteiger partial charge is 0.311 e. The molecule has 0 saturated heterocycles. The van der Waals surface area contributed by atoms with Gasteiger partial charge in [-0.1, -0.05) is 6.07 Å². The molecule has 0 aromatic carbocycles. The number of anilines is 1. The number of hydrogen-bond acceptors (Lipinski definition) is 2. The van der Waals surface area contributed by atoms with E-state index in [2.05, 4.69) is 16.2 Å². The summed E-state index contributed by atoms with van der Waals surface area (Å²) in [5.41, 5.74) is 0. The van der Waals surface area contributed by atoms with Crippen LogP contribution >= 0.6 is 0 Å². The van der Waals surface area contributed by atoms with E-state index in [-0.39, 0.29) is 5.91 Å². The quantitative estimate of drug-likeness (QED) is 0.704. The van der Waals surface area contributed by atoms with E-state index in [1.54, 1.807) is 18.3 Å². The van der Waals surface area contributed by atoms with Gasteiger partial charge >= 0.3 is 0 Å². The van der Waals surface area contributed by atoms with Gasteiger partial charge in [0.15, 0.2) is 0 Å². The van der Waals surface area contributed by atoms with Crippen LogP contribution in [0.15, 0.2) is 24.4 Å². The first-order chi connectivity index (χ1) is 6.33. The Bertz CT molecular complexity index is 313. The topological polar surface area (TPSA) is 42.0 Å². The highest BCUT2D eigenvalue weighted by Crippen LogP contribution is 2.00. The van der Waals surface area contributed by atoms with E-state index in [0.717, 1.165) is 0 Å². The molecule has 0 spiro atoms. The van der Waals surface area contributed by atoms with Gasteiger partial charge in [-0.25, -0.2) is 4.98 Å². The number of carbonyl (C=O) groups is 1. The summed E-state index contributed by atoms with van der Waals surface area (Å²) in [4.78, 5) is 15.1. The van der Waals surface area contributed by atoms with Gasteiger partial charge in [0.1, 0.15) is 5.82 Å². The number of rotatable bonds is 3. The minimum absolute atomic E-state index is 0.100. The highest BCUT2D eigenvalue weighted by molar-refractivity contribution is 5.89. The fourth-order valence-electron chi connectivity index (χ4n) is 0.828. The lowest BCUT2D eigenvalue weighted by molar-refractivity contribution is -0.116. The van der Waals surface area contributed by atoms with Gasteiger partial charge in [-0.2, -0.15) is 0 Å². The molecule has 66 valence electrons. The van der Waals surface area contributed by atoms with Crippen molar-refractivity contribution in [2.24, 2.45) is 0 Å². The van der Waals surface area contributed by atoms with Crippen molar-refractivity contribution in [3.63, 3.8) is 0 Å². The maximum absolute atomic E-state index is 11.1. The Labute approximate surface area is 77.2 Å². The van der Waals surface area contributed by atoms with E-state index >= 15 is 0 Å². The van der Waals surface area contributed by atoms with Crippen LogP contribution < -0.4 is 5.32 Å². The zero-order chi connectivity index (χ0) is 9.52. The highest BCUT2D eigenvalue weighted by atomic mass is 16.1. The number of amides is 1. The molecule has 0 fully saturated rings. The highest BCUT2D eigenvalue weighted by Gasteiger charge is 2.00. The molecule has 1 heterocycles. The predicted octanol–water partition coefficient (Wildman–Crippen LogP) is 1.43. The molecule has 1 N–H and O–H groups in total. The minimum Gasteiger partial charge on any atom is -0.311 e. The lowest BCUT2D eigenvalue weighted by atomic mass is 10.3. The molecule has 0 radical (unpaired) electrons. The van der Waals surface area contributed by atoms with Crippen molar-refractivity contribution in [1.29, 1.82) is 0 Å². The average molecular weight is 174 g/mol. The van der Waals surface area contributed by atoms with Crippen molar-refractivity contribution < 1.29 is 4.79 Å². The van der Waals surface area contributed by atoms with Crippen LogP contribution in [0.5, 0.6) is 0 Å². The first kappa shape index (κ1) is 9.27. The predicted molar refractivity (Wildman–Crippen MR) is 50.9 cm³/mol. The molecule has 0 aliphatic carbocycles. The second-order valence-corrected chi connectivity index (χ2v) is 2.47. The van der Waals surface area contributed by atoms with Crippen molar-refractivity contribution in [3.8, 4) is 12.3 Å². The molecule has 0 unspecified atom stereocenters. The van der Waals surface area contributed by atoms with E-state index < -0.39 is 0 Å². The number of hydrogen-bond donors (Lipinski definition) is 1. The molecule has 0 aliphatic rings. The zero-order valence-corrected chi connectivity index (χ0v) is 7.16. The summed E-state index contributed by atoms with van der Waals surface area (Å²) in [7, 11) is 0. The number of terminal acetylenes is 1. The average Bonchev–Trinajstić information content (AvgIpc) is 2.16. The van der Waals surface area contributed by atoms with Crippen molar-refractivity contribution in [2.45, 2.75) is 12.8 Å². The van der Waals surface area contributed by atoms with Crippen molar-refractivity contribution in [1.82, 2.24) is 4.98 Å². The van der Waals surface area contributed by atoms with Gasteiger partial charge in [-0.15, -0.1) is 12.3 Å². The summed E-state index contributed by atoms with van der Waals surface area (Å²) < 4.78 is 0. The van der Waals surface area contributed by atoms with Gasteiger partial charge in [0.25, 0.3) is 0 Å². The van der Waals surface area contributed by atoms with Crippen molar-refractivity contribution >= 4 is 11.7 Å². The third kappa shape index (κ3) is 3.39. The number of pyridine rings is 1. The fourth-order valence-corrected chi connectivity index (χ4v) is 0.828. The third-order valence-electron chi connectivity index (χ3n) is 1.43. The number of carbonyl (C=O) groups excluding carboxylic acids is 1. The summed E-state index contributed by atoms with van der Waals surface area (Å²) >= 11 is 0. The van der Waals surface area contributed by atoms with Crippen LogP contribution in [-0.2, 0) is 4.79 Å². The van der Waals surface area contributed by atoms with Crippen LogP contribution in [0, 0.1) is 12.3 Å². The van der Waals surface area contributed by atoms with Gasteiger partial charge in [0.2, 0.25) is 5.91 Å². The summed E-state index contributed by atoms with van der Waals surface area (Å²) in [5.74, 6) is 2.86. The molecule has 0 bridgehead atoms. The van der Waals surface area contributed by atoms with Crippen LogP contribution in [0.4, 0.5) is 5.82 Å². The maximum Gasteiger partial charge on any atom is 0.226 e. The first-order valence-corrected chi connectivity index (χ1v) is 3.97. The molecule has 1 rings (SSSR count). The molecule has 0 atom stereocenters. The Hall–Kier alpha value is -1.82. The Balaban J connectivity index is 2.42. The zero-order valence-electron chi connectivity index (χ0n) is 7.16. The molecular weight excluding hydrogens is 164 g/mol. The van der Waals surface area contributed by atoms with Crippen LogP contribution in [0.1, 0.15) is 12.8 Å². The minimum atomic E-state index is -0.100. The fraction of sp³-hybridized carbons (Fsp3) is 0.200. The van der Waals surface area contributed by atoms with Crippen molar-refractivity contribution in [2.75, 3.05) is 5.32 Å². The van der Waals surface area contributed by atoms with Crippen molar-refractivity contribution in [3.05, 3.63) is 24.4 Å². The Morgan fingerprint density at radius 3 is 3.08 bits per heavy atom. The van der Waals surface area contributed by atoms with Gasteiger partial charge in [-0.3, -0.25) is 4.79 Å². The van der Waals surface area contributed by atoms with Crippen LogP contribution in [0.25, 0.3) is 0 Å². The molecule has 13 heavy (non-hydrogen) atoms. The number of aromatic nitrogens is 1. The van der Waals surface area contributed by atoms with E-state index in [9.17, 15) is 4.79 Å². The molecule has 3 heteroatoms. The molecule has 1 aromatic heterocycles. The third-order valence-corrected chi connectivity index (χ3v) is 1.43. The smallest absolute Gasteiger partial charge is 0.226 e. The van der Waals surface area contributed by atoms with Gasteiger partial charge in [0, 0.05) is 19.0 Å². The standard InChI is InChI=1S/C10H10N2O/c1-2-3-7-10(13)12-9-6-4-5-8-11-9/h1,4-6,8H,3,7H2,(H,11,12,13). The van der Waals surface area contributed by atoms with Crippen LogP contribution in [0.2, 0.25) is 0 Å². The molecule has 0 saturated carbocycles. The maximum atomic E-state index is 11.1. The van der Waals surface area contributed by atoms with Crippen LogP contribution in [0.3, 0.4) is 0 Å². The first-order valence-electron chi connectivity index (χ1n) is 3.97. The Kier molecular flexibility index (Phi) is 3.52. The normalized spacial score (nSPS) is 8.85. The van der Waals surface area contributed by atoms with E-state index in [4.69, 9.17) is 6.42 Å². The lowest BCUT2D eigenvalue weighted by Gasteiger charge is -2.00. The number of nitrogens with zero attached hydrogens (tertiary/aromatic N) is 1. The molecule has 1 aromatic rings. The van der Waals surface area contributed by atoms with E-state index in [1.807, 2.05) is 6.07 Å². The molecule has 0 aliphatic heterocycles. The lowest BCUT2D eigenvalue weighted by Crippen LogP contribution is -2.11. The van der Waals surface area contributed by atoms with Crippen LogP contribution in [-0.4, -0.2) is 10.9 Å². The second-order valence-electron chi connectivity index (χ2n) is 2.47. The van der Waals surface area contributed by atoms with Gasteiger partial charge in [0.05, 0.1) is 0 Å². The number of nitrogens with one attached hydrogen (secondary N) is 1. The Morgan fingerprint density at radius 2 is 2.46 bits per heavy atom. The molecular formula is C10H10N2O. The summed E-state index contributed by atoms with van der Waals surface area (Å²) in [5, 5.41) is 2.63. The second kappa shape index (κ2) is 4.94. The van der Waals surface area contributed by atoms with E-state index in [1.165, 1.54) is 0 Å². The monoisotopic (exact) mass is 174 g/mol. The summed E-state index contributed by atoms with van der Waals surface area (Å²) in [6, 6.07) is 5.33. The van der Waals surface area contributed by atoms with Gasteiger partial charge in [-0.05, 0) is 12.1 Å².